The van der Waals surface area contributed by atoms with E-state index in [9.17, 15) is 4.79 Å². The second-order valence-corrected chi connectivity index (χ2v) is 6.29. The first-order valence-electron chi connectivity index (χ1n) is 7.47. The van der Waals surface area contributed by atoms with Crippen molar-refractivity contribution in [1.29, 1.82) is 0 Å². The van der Waals surface area contributed by atoms with Crippen LogP contribution in [0, 0.1) is 0 Å². The molecule has 2 heterocycles. The molecule has 2 saturated heterocycles. The number of piperidine rings is 1. The fourth-order valence-corrected chi connectivity index (χ4v) is 3.51. The SMILES string of the molecule is O=C(CN1CCN2CCCCC2C1)c1cccc(Cl)c1. The smallest absolute Gasteiger partial charge is 0.176 e. The molecule has 0 N–H and O–H groups in total. The number of benzene rings is 1. The van der Waals surface area contributed by atoms with E-state index < -0.39 is 0 Å². The first-order valence-corrected chi connectivity index (χ1v) is 7.85. The molecule has 108 valence electrons. The van der Waals surface area contributed by atoms with Crippen LogP contribution in [-0.4, -0.2) is 54.3 Å². The van der Waals surface area contributed by atoms with E-state index in [1.54, 1.807) is 12.1 Å². The van der Waals surface area contributed by atoms with E-state index in [1.807, 2.05) is 12.1 Å². The Bertz CT molecular complexity index is 491. The highest BCUT2D eigenvalue weighted by Crippen LogP contribution is 2.21. The van der Waals surface area contributed by atoms with Gasteiger partial charge in [-0.3, -0.25) is 14.6 Å². The quantitative estimate of drug-likeness (QED) is 0.800. The van der Waals surface area contributed by atoms with Crippen molar-refractivity contribution in [3.05, 3.63) is 34.9 Å². The summed E-state index contributed by atoms with van der Waals surface area (Å²) in [5.41, 5.74) is 0.726. The molecule has 0 bridgehead atoms. The molecule has 0 saturated carbocycles. The topological polar surface area (TPSA) is 23.6 Å². The maximum atomic E-state index is 12.3. The number of carbonyl (C=O) groups excluding carboxylic acids is 1. The lowest BCUT2D eigenvalue weighted by atomic mass is 9.99. The molecule has 1 unspecified atom stereocenters. The van der Waals surface area contributed by atoms with Crippen LogP contribution in [0.2, 0.25) is 5.02 Å². The molecule has 2 aliphatic heterocycles. The minimum atomic E-state index is 0.178. The van der Waals surface area contributed by atoms with Gasteiger partial charge in [-0.2, -0.15) is 0 Å². The van der Waals surface area contributed by atoms with Gasteiger partial charge in [0.1, 0.15) is 0 Å². The Labute approximate surface area is 125 Å². The zero-order chi connectivity index (χ0) is 13.9. The second kappa shape index (κ2) is 6.25. The highest BCUT2D eigenvalue weighted by molar-refractivity contribution is 6.31. The molecule has 2 aliphatic rings. The molecule has 1 aromatic carbocycles. The van der Waals surface area contributed by atoms with Crippen LogP contribution in [0.15, 0.2) is 24.3 Å². The van der Waals surface area contributed by atoms with Crippen molar-refractivity contribution in [2.75, 3.05) is 32.7 Å². The molecule has 1 aromatic rings. The van der Waals surface area contributed by atoms with Gasteiger partial charge >= 0.3 is 0 Å². The highest BCUT2D eigenvalue weighted by atomic mass is 35.5. The van der Waals surface area contributed by atoms with Gasteiger partial charge in [0.05, 0.1) is 6.54 Å². The third-order valence-corrected chi connectivity index (χ3v) is 4.67. The molecular weight excluding hydrogens is 272 g/mol. The molecular formula is C16H21ClN2O. The Kier molecular flexibility index (Phi) is 4.39. The van der Waals surface area contributed by atoms with Crippen LogP contribution in [0.5, 0.6) is 0 Å². The molecule has 0 spiro atoms. The van der Waals surface area contributed by atoms with Crippen LogP contribution < -0.4 is 0 Å². The average Bonchev–Trinajstić information content (AvgIpc) is 2.47. The monoisotopic (exact) mass is 292 g/mol. The highest BCUT2D eigenvalue weighted by Gasteiger charge is 2.29. The van der Waals surface area contributed by atoms with E-state index in [0.717, 1.165) is 25.2 Å². The Morgan fingerprint density at radius 3 is 3.00 bits per heavy atom. The number of hydrogen-bond donors (Lipinski definition) is 0. The van der Waals surface area contributed by atoms with E-state index in [-0.39, 0.29) is 5.78 Å². The summed E-state index contributed by atoms with van der Waals surface area (Å²) in [4.78, 5) is 17.2. The van der Waals surface area contributed by atoms with E-state index in [2.05, 4.69) is 9.80 Å². The van der Waals surface area contributed by atoms with Gasteiger partial charge in [-0.05, 0) is 31.5 Å². The minimum absolute atomic E-state index is 0.178. The number of rotatable bonds is 3. The minimum Gasteiger partial charge on any atom is -0.298 e. The second-order valence-electron chi connectivity index (χ2n) is 5.85. The van der Waals surface area contributed by atoms with Crippen LogP contribution in [0.1, 0.15) is 29.6 Å². The van der Waals surface area contributed by atoms with Gasteiger partial charge in [0.2, 0.25) is 0 Å². The van der Waals surface area contributed by atoms with Gasteiger partial charge in [0.25, 0.3) is 0 Å². The van der Waals surface area contributed by atoms with Gasteiger partial charge in [0.15, 0.2) is 5.78 Å². The van der Waals surface area contributed by atoms with Crippen LogP contribution in [0.3, 0.4) is 0 Å². The predicted octanol–water partition coefficient (Wildman–Crippen LogP) is 2.69. The van der Waals surface area contributed by atoms with Gasteiger partial charge in [-0.25, -0.2) is 0 Å². The maximum absolute atomic E-state index is 12.3. The number of piperazine rings is 1. The lowest BCUT2D eigenvalue weighted by Crippen LogP contribution is -2.55. The van der Waals surface area contributed by atoms with Crippen LogP contribution in [0.4, 0.5) is 0 Å². The zero-order valence-corrected chi connectivity index (χ0v) is 12.5. The number of Topliss-reactive ketones (excluding diaryl/α,β-unsaturated/α-hetero) is 1. The van der Waals surface area contributed by atoms with Crippen molar-refractivity contribution >= 4 is 17.4 Å². The molecule has 1 atom stereocenters. The number of halogens is 1. The Balaban J connectivity index is 1.59. The average molecular weight is 293 g/mol. The standard InChI is InChI=1S/C16H21ClN2O/c17-14-5-3-4-13(10-14)16(20)12-18-8-9-19-7-2-1-6-15(19)11-18/h3-5,10,15H,1-2,6-9,11-12H2. The predicted molar refractivity (Wildman–Crippen MR) is 81.4 cm³/mol. The molecule has 3 nitrogen and oxygen atoms in total. The Morgan fingerprint density at radius 1 is 1.25 bits per heavy atom. The summed E-state index contributed by atoms with van der Waals surface area (Å²) in [5, 5.41) is 0.632. The first-order chi connectivity index (χ1) is 9.72. The van der Waals surface area contributed by atoms with Crippen molar-refractivity contribution in [3.63, 3.8) is 0 Å². The van der Waals surface area contributed by atoms with E-state index in [1.165, 1.54) is 25.8 Å². The van der Waals surface area contributed by atoms with Gasteiger partial charge in [0, 0.05) is 36.3 Å². The molecule has 0 amide bonds. The van der Waals surface area contributed by atoms with Crippen molar-refractivity contribution in [3.8, 4) is 0 Å². The summed E-state index contributed by atoms with van der Waals surface area (Å²) in [5.74, 6) is 0.178. The third kappa shape index (κ3) is 3.22. The summed E-state index contributed by atoms with van der Waals surface area (Å²) in [6.07, 6.45) is 3.94. The molecule has 4 heteroatoms. The normalized spacial score (nSPS) is 24.4. The number of fused-ring (bicyclic) bond motifs is 1. The summed E-state index contributed by atoms with van der Waals surface area (Å²) >= 11 is 5.95. The van der Waals surface area contributed by atoms with Gasteiger partial charge in [-0.1, -0.05) is 30.2 Å². The van der Waals surface area contributed by atoms with E-state index in [0.29, 0.717) is 17.6 Å². The Hall–Kier alpha value is -0.900. The maximum Gasteiger partial charge on any atom is 0.176 e. The summed E-state index contributed by atoms with van der Waals surface area (Å²) in [7, 11) is 0. The van der Waals surface area contributed by atoms with E-state index in [4.69, 9.17) is 11.6 Å². The largest absolute Gasteiger partial charge is 0.298 e. The molecule has 0 radical (unpaired) electrons. The third-order valence-electron chi connectivity index (χ3n) is 4.44. The number of hydrogen-bond acceptors (Lipinski definition) is 3. The van der Waals surface area contributed by atoms with Crippen LogP contribution >= 0.6 is 11.6 Å². The van der Waals surface area contributed by atoms with Gasteiger partial charge in [-0.15, -0.1) is 0 Å². The molecule has 20 heavy (non-hydrogen) atoms. The number of nitrogens with zero attached hydrogens (tertiary/aromatic N) is 2. The summed E-state index contributed by atoms with van der Waals surface area (Å²) < 4.78 is 0. The van der Waals surface area contributed by atoms with E-state index >= 15 is 0 Å². The van der Waals surface area contributed by atoms with Gasteiger partial charge < -0.3 is 0 Å². The number of carbonyl (C=O) groups is 1. The summed E-state index contributed by atoms with van der Waals surface area (Å²) in [6.45, 7) is 4.90. The van der Waals surface area contributed by atoms with Crippen LogP contribution in [-0.2, 0) is 0 Å². The molecule has 2 fully saturated rings. The van der Waals surface area contributed by atoms with Crippen molar-refractivity contribution in [2.45, 2.75) is 25.3 Å². The molecule has 3 rings (SSSR count). The lowest BCUT2D eigenvalue weighted by Gasteiger charge is -2.43. The fourth-order valence-electron chi connectivity index (χ4n) is 3.32. The van der Waals surface area contributed by atoms with Crippen molar-refractivity contribution < 1.29 is 4.79 Å². The fraction of sp³-hybridized carbons (Fsp3) is 0.562. The van der Waals surface area contributed by atoms with Crippen molar-refractivity contribution in [2.24, 2.45) is 0 Å². The van der Waals surface area contributed by atoms with Crippen molar-refractivity contribution in [1.82, 2.24) is 9.80 Å². The molecule has 0 aromatic heterocycles. The Morgan fingerprint density at radius 2 is 2.15 bits per heavy atom. The van der Waals surface area contributed by atoms with Crippen LogP contribution in [0.25, 0.3) is 0 Å². The lowest BCUT2D eigenvalue weighted by molar-refractivity contribution is 0.0469. The summed E-state index contributed by atoms with van der Waals surface area (Å²) in [6, 6.07) is 7.92. The molecule has 0 aliphatic carbocycles. The number of ketones is 1. The first kappa shape index (κ1) is 14.1. The zero-order valence-electron chi connectivity index (χ0n) is 11.7.